The second kappa shape index (κ2) is 6.04. The van der Waals surface area contributed by atoms with E-state index in [9.17, 15) is 13.2 Å². The van der Waals surface area contributed by atoms with Crippen molar-refractivity contribution in [1.29, 1.82) is 0 Å². The van der Waals surface area contributed by atoms with Gasteiger partial charge in [-0.3, -0.25) is 10.1 Å². The van der Waals surface area contributed by atoms with Crippen LogP contribution in [0.25, 0.3) is 0 Å². The van der Waals surface area contributed by atoms with E-state index in [-0.39, 0.29) is 17.1 Å². The van der Waals surface area contributed by atoms with Crippen LogP contribution in [-0.2, 0) is 21.7 Å². The highest BCUT2D eigenvalue weighted by atomic mass is 32.2. The fourth-order valence-electron chi connectivity index (χ4n) is 1.78. The fraction of sp³-hybridized carbons (Fsp3) is 0.308. The number of hydrogen-bond acceptors (Lipinski definition) is 5. The zero-order valence-electron chi connectivity index (χ0n) is 11.8. The fourth-order valence-corrected chi connectivity index (χ4v) is 3.04. The van der Waals surface area contributed by atoms with E-state index in [0.717, 1.165) is 0 Å². The molecule has 0 fully saturated rings. The number of benzene rings is 1. The zero-order valence-corrected chi connectivity index (χ0v) is 12.6. The second-order valence-corrected chi connectivity index (χ2v) is 6.65. The highest BCUT2D eigenvalue weighted by Crippen LogP contribution is 2.11. The van der Waals surface area contributed by atoms with Crippen LogP contribution in [0.5, 0.6) is 0 Å². The number of carbonyl (C=O) groups excluding carboxylic acids is 1. The number of rotatable bonds is 5. The number of nitrogens with zero attached hydrogens (tertiary/aromatic N) is 3. The van der Waals surface area contributed by atoms with Gasteiger partial charge in [0.05, 0.1) is 10.6 Å². The second-order valence-electron chi connectivity index (χ2n) is 4.54. The molecule has 1 heterocycles. The summed E-state index contributed by atoms with van der Waals surface area (Å²) in [4.78, 5) is 16.0. The molecule has 21 heavy (non-hydrogen) atoms. The van der Waals surface area contributed by atoms with Gasteiger partial charge in [0.25, 0.3) is 0 Å². The van der Waals surface area contributed by atoms with E-state index in [2.05, 4.69) is 15.4 Å². The van der Waals surface area contributed by atoms with Gasteiger partial charge >= 0.3 is 0 Å². The zero-order chi connectivity index (χ0) is 15.5. The van der Waals surface area contributed by atoms with E-state index in [1.54, 1.807) is 32.2 Å². The molecule has 0 saturated carbocycles. The number of aryl methyl sites for hydroxylation is 2. The van der Waals surface area contributed by atoms with E-state index in [4.69, 9.17) is 0 Å². The Balaban J connectivity index is 1.97. The van der Waals surface area contributed by atoms with Crippen LogP contribution in [0.2, 0.25) is 0 Å². The summed E-state index contributed by atoms with van der Waals surface area (Å²) in [6.45, 7) is 1.70. The highest BCUT2D eigenvalue weighted by molar-refractivity contribution is 7.91. The van der Waals surface area contributed by atoms with Crippen molar-refractivity contribution in [2.75, 3.05) is 11.1 Å². The SMILES string of the molecule is Cc1nc(NC(=O)CCS(=O)(=O)c2ccccc2)n(C)n1. The molecule has 2 aromatic rings. The molecule has 0 bridgehead atoms. The molecule has 0 aliphatic heterocycles. The molecule has 0 aliphatic rings. The molecule has 1 amide bonds. The van der Waals surface area contributed by atoms with Crippen molar-refractivity contribution in [1.82, 2.24) is 14.8 Å². The largest absolute Gasteiger partial charge is 0.295 e. The van der Waals surface area contributed by atoms with Crippen LogP contribution in [0.15, 0.2) is 35.2 Å². The number of sulfone groups is 1. The average Bonchev–Trinajstić information content (AvgIpc) is 2.76. The number of nitrogens with one attached hydrogen (secondary N) is 1. The number of amides is 1. The van der Waals surface area contributed by atoms with Crippen LogP contribution in [0, 0.1) is 6.92 Å². The summed E-state index contributed by atoms with van der Waals surface area (Å²) in [5, 5.41) is 6.53. The number of anilines is 1. The molecule has 7 nitrogen and oxygen atoms in total. The van der Waals surface area contributed by atoms with Gasteiger partial charge in [-0.25, -0.2) is 13.1 Å². The predicted molar refractivity (Wildman–Crippen MR) is 77.5 cm³/mol. The maximum absolute atomic E-state index is 12.0. The molecule has 112 valence electrons. The lowest BCUT2D eigenvalue weighted by molar-refractivity contribution is -0.115. The molecule has 1 aromatic heterocycles. The third-order valence-corrected chi connectivity index (χ3v) is 4.55. The highest BCUT2D eigenvalue weighted by Gasteiger charge is 2.17. The van der Waals surface area contributed by atoms with E-state index >= 15 is 0 Å². The van der Waals surface area contributed by atoms with Crippen LogP contribution in [0.1, 0.15) is 12.2 Å². The van der Waals surface area contributed by atoms with Gasteiger partial charge in [0.2, 0.25) is 11.9 Å². The predicted octanol–water partition coefficient (Wildman–Crippen LogP) is 0.926. The molecule has 0 spiro atoms. The average molecular weight is 308 g/mol. The van der Waals surface area contributed by atoms with Crippen molar-refractivity contribution >= 4 is 21.7 Å². The first-order valence-electron chi connectivity index (χ1n) is 6.34. The summed E-state index contributed by atoms with van der Waals surface area (Å²) >= 11 is 0. The summed E-state index contributed by atoms with van der Waals surface area (Å²) < 4.78 is 25.5. The number of carbonyl (C=O) groups is 1. The number of aromatic nitrogens is 3. The Morgan fingerprint density at radius 1 is 1.29 bits per heavy atom. The quantitative estimate of drug-likeness (QED) is 0.886. The number of hydrogen-bond donors (Lipinski definition) is 1. The third-order valence-electron chi connectivity index (χ3n) is 2.82. The summed E-state index contributed by atoms with van der Waals surface area (Å²) in [5.41, 5.74) is 0. The first-order valence-corrected chi connectivity index (χ1v) is 7.99. The van der Waals surface area contributed by atoms with Crippen molar-refractivity contribution in [3.05, 3.63) is 36.2 Å². The van der Waals surface area contributed by atoms with Gasteiger partial charge in [-0.1, -0.05) is 18.2 Å². The molecule has 0 aliphatic carbocycles. The molecule has 0 atom stereocenters. The molecule has 8 heteroatoms. The summed E-state index contributed by atoms with van der Waals surface area (Å²) in [6, 6.07) is 8.06. The Hall–Kier alpha value is -2.22. The van der Waals surface area contributed by atoms with E-state index in [0.29, 0.717) is 11.8 Å². The molecule has 0 saturated heterocycles. The minimum Gasteiger partial charge on any atom is -0.295 e. The Morgan fingerprint density at radius 2 is 1.95 bits per heavy atom. The van der Waals surface area contributed by atoms with Gasteiger partial charge in [-0.15, -0.1) is 0 Å². The summed E-state index contributed by atoms with van der Waals surface area (Å²) in [6.07, 6.45) is -0.136. The molecule has 2 rings (SSSR count). The Kier molecular flexibility index (Phi) is 4.37. The molecule has 1 N–H and O–H groups in total. The lowest BCUT2D eigenvalue weighted by Crippen LogP contribution is -2.19. The van der Waals surface area contributed by atoms with Crippen LogP contribution >= 0.6 is 0 Å². The van der Waals surface area contributed by atoms with Crippen molar-refractivity contribution in [3.63, 3.8) is 0 Å². The van der Waals surface area contributed by atoms with E-state index in [1.807, 2.05) is 0 Å². The Morgan fingerprint density at radius 3 is 2.52 bits per heavy atom. The monoisotopic (exact) mass is 308 g/mol. The minimum atomic E-state index is -3.46. The minimum absolute atomic E-state index is 0.136. The van der Waals surface area contributed by atoms with Crippen molar-refractivity contribution < 1.29 is 13.2 Å². The maximum Gasteiger partial charge on any atom is 0.227 e. The third kappa shape index (κ3) is 3.88. The Bertz CT molecular complexity index is 738. The molecular formula is C13H16N4O3S. The Labute approximate surface area is 122 Å². The van der Waals surface area contributed by atoms with Crippen LogP contribution in [0.4, 0.5) is 5.95 Å². The first-order chi connectivity index (χ1) is 9.88. The molecule has 0 unspecified atom stereocenters. The van der Waals surface area contributed by atoms with Crippen LogP contribution in [0.3, 0.4) is 0 Å². The van der Waals surface area contributed by atoms with Crippen molar-refractivity contribution in [3.8, 4) is 0 Å². The standard InChI is InChI=1S/C13H16N4O3S/c1-10-14-13(17(2)16-10)15-12(18)8-9-21(19,20)11-6-4-3-5-7-11/h3-7H,8-9H2,1-2H3,(H,14,15,16,18). The van der Waals surface area contributed by atoms with Gasteiger partial charge in [0.1, 0.15) is 5.82 Å². The normalized spacial score (nSPS) is 11.3. The summed E-state index contributed by atoms with van der Waals surface area (Å²) in [5.74, 6) is 0.170. The van der Waals surface area contributed by atoms with Gasteiger partial charge in [0, 0.05) is 13.5 Å². The molecular weight excluding hydrogens is 292 g/mol. The van der Waals surface area contributed by atoms with Gasteiger partial charge in [-0.2, -0.15) is 10.1 Å². The van der Waals surface area contributed by atoms with Crippen LogP contribution in [-0.4, -0.2) is 34.8 Å². The van der Waals surface area contributed by atoms with Gasteiger partial charge in [-0.05, 0) is 19.1 Å². The van der Waals surface area contributed by atoms with Crippen molar-refractivity contribution in [2.45, 2.75) is 18.2 Å². The molecule has 1 aromatic carbocycles. The van der Waals surface area contributed by atoms with Crippen molar-refractivity contribution in [2.24, 2.45) is 7.05 Å². The smallest absolute Gasteiger partial charge is 0.227 e. The van der Waals surface area contributed by atoms with Gasteiger partial charge in [0.15, 0.2) is 9.84 Å². The molecule has 0 radical (unpaired) electrons. The van der Waals surface area contributed by atoms with Crippen LogP contribution < -0.4 is 5.32 Å². The maximum atomic E-state index is 12.0. The summed E-state index contributed by atoms with van der Waals surface area (Å²) in [7, 11) is -1.81. The lowest BCUT2D eigenvalue weighted by atomic mass is 10.4. The van der Waals surface area contributed by atoms with Gasteiger partial charge < -0.3 is 0 Å². The van der Waals surface area contributed by atoms with E-state index in [1.165, 1.54) is 16.8 Å². The van der Waals surface area contributed by atoms with E-state index < -0.39 is 15.7 Å². The first kappa shape index (κ1) is 15.2. The lowest BCUT2D eigenvalue weighted by Gasteiger charge is -2.05. The topological polar surface area (TPSA) is 94.0 Å².